The van der Waals surface area contributed by atoms with Crippen LogP contribution >= 0.6 is 0 Å². The van der Waals surface area contributed by atoms with Crippen LogP contribution in [0.25, 0.3) is 0 Å². The molecule has 3 aliphatic rings. The van der Waals surface area contributed by atoms with Gasteiger partial charge < -0.3 is 14.8 Å². The van der Waals surface area contributed by atoms with Gasteiger partial charge in [0.1, 0.15) is 0 Å². The van der Waals surface area contributed by atoms with Gasteiger partial charge in [-0.05, 0) is 18.1 Å². The summed E-state index contributed by atoms with van der Waals surface area (Å²) in [5, 5.41) is 3.74. The second-order valence-electron chi connectivity index (χ2n) is 5.76. The SMILES string of the molecule is c1ccc2c(c1)C1CCN2CC1NCCn1ccnc1. The van der Waals surface area contributed by atoms with Crippen LogP contribution in [0.4, 0.5) is 5.69 Å². The van der Waals surface area contributed by atoms with E-state index in [-0.39, 0.29) is 0 Å². The zero-order valence-electron chi connectivity index (χ0n) is 11.6. The monoisotopic (exact) mass is 268 g/mol. The van der Waals surface area contributed by atoms with Crippen LogP contribution in [0.1, 0.15) is 17.9 Å². The lowest BCUT2D eigenvalue weighted by atomic mass is 9.79. The standard InChI is InChI=1S/C16H20N4/c1-2-4-16-14(3-1)13-5-8-20(16)11-15(13)18-7-10-19-9-6-17-12-19/h1-4,6,9,12-13,15,18H,5,7-8,10-11H2. The summed E-state index contributed by atoms with van der Waals surface area (Å²) >= 11 is 0. The van der Waals surface area contributed by atoms with Crippen molar-refractivity contribution in [3.05, 3.63) is 48.5 Å². The van der Waals surface area contributed by atoms with Crippen LogP contribution in [0.3, 0.4) is 0 Å². The molecule has 0 spiro atoms. The predicted molar refractivity (Wildman–Crippen MR) is 80.0 cm³/mol. The highest BCUT2D eigenvalue weighted by molar-refractivity contribution is 5.60. The fourth-order valence-electron chi connectivity index (χ4n) is 3.64. The lowest BCUT2D eigenvalue weighted by Crippen LogP contribution is -2.54. The highest BCUT2D eigenvalue weighted by atomic mass is 15.2. The van der Waals surface area contributed by atoms with Crippen molar-refractivity contribution in [1.82, 2.24) is 14.9 Å². The average molecular weight is 268 g/mol. The first-order chi connectivity index (χ1) is 9.92. The van der Waals surface area contributed by atoms with E-state index in [1.54, 1.807) is 0 Å². The molecule has 3 aliphatic heterocycles. The van der Waals surface area contributed by atoms with Crippen LogP contribution in [0, 0.1) is 0 Å². The molecule has 104 valence electrons. The van der Waals surface area contributed by atoms with Crippen molar-refractivity contribution in [2.75, 3.05) is 24.5 Å². The Balaban J connectivity index is 1.44. The Morgan fingerprint density at radius 2 is 2.25 bits per heavy atom. The Hall–Kier alpha value is -1.81. The molecule has 2 bridgehead atoms. The third-order valence-corrected chi connectivity index (χ3v) is 4.63. The molecule has 1 N–H and O–H groups in total. The van der Waals surface area contributed by atoms with Gasteiger partial charge in [0.05, 0.1) is 6.33 Å². The molecular formula is C16H20N4. The Bertz CT molecular complexity index is 578. The normalized spacial score (nSPS) is 23.9. The smallest absolute Gasteiger partial charge is 0.0946 e. The van der Waals surface area contributed by atoms with E-state index < -0.39 is 0 Å². The van der Waals surface area contributed by atoms with Crippen LogP contribution in [0.2, 0.25) is 0 Å². The number of piperidine rings is 1. The number of benzene rings is 1. The van der Waals surface area contributed by atoms with Gasteiger partial charge in [0.25, 0.3) is 0 Å². The van der Waals surface area contributed by atoms with Crippen molar-refractivity contribution in [3.8, 4) is 0 Å². The highest BCUT2D eigenvalue weighted by Crippen LogP contribution is 2.41. The fraction of sp³-hybridized carbons (Fsp3) is 0.438. The molecule has 1 aromatic heterocycles. The Labute approximate surface area is 119 Å². The molecule has 4 heteroatoms. The maximum Gasteiger partial charge on any atom is 0.0946 e. The molecule has 2 atom stereocenters. The number of rotatable bonds is 4. The summed E-state index contributed by atoms with van der Waals surface area (Å²) in [6, 6.07) is 9.48. The van der Waals surface area contributed by atoms with E-state index >= 15 is 0 Å². The molecule has 1 aromatic carbocycles. The second kappa shape index (κ2) is 4.94. The number of anilines is 1. The number of nitrogens with one attached hydrogen (secondary N) is 1. The van der Waals surface area contributed by atoms with Crippen LogP contribution in [0.5, 0.6) is 0 Å². The lowest BCUT2D eigenvalue weighted by molar-refractivity contribution is 0.348. The first-order valence-electron chi connectivity index (χ1n) is 7.45. The fourth-order valence-corrected chi connectivity index (χ4v) is 3.64. The Kier molecular flexibility index (Phi) is 2.96. The van der Waals surface area contributed by atoms with Crippen LogP contribution < -0.4 is 10.2 Å². The number of nitrogens with zero attached hydrogens (tertiary/aromatic N) is 3. The van der Waals surface area contributed by atoms with Crippen LogP contribution in [0.15, 0.2) is 43.0 Å². The van der Waals surface area contributed by atoms with E-state index in [1.807, 2.05) is 18.7 Å². The van der Waals surface area contributed by atoms with Crippen molar-refractivity contribution in [2.45, 2.75) is 24.9 Å². The van der Waals surface area contributed by atoms with Crippen molar-refractivity contribution in [1.29, 1.82) is 0 Å². The summed E-state index contributed by atoms with van der Waals surface area (Å²) < 4.78 is 2.13. The zero-order valence-corrected chi connectivity index (χ0v) is 11.6. The zero-order chi connectivity index (χ0) is 13.4. The average Bonchev–Trinajstić information content (AvgIpc) is 3.02. The molecule has 1 fully saturated rings. The van der Waals surface area contributed by atoms with Crippen molar-refractivity contribution in [3.63, 3.8) is 0 Å². The Morgan fingerprint density at radius 3 is 3.15 bits per heavy atom. The third-order valence-electron chi connectivity index (χ3n) is 4.63. The van der Waals surface area contributed by atoms with Gasteiger partial charge in [0, 0.05) is 56.2 Å². The molecule has 4 heterocycles. The molecule has 1 saturated heterocycles. The molecule has 2 aromatic rings. The van der Waals surface area contributed by atoms with Crippen molar-refractivity contribution >= 4 is 5.69 Å². The van der Waals surface area contributed by atoms with E-state index in [9.17, 15) is 0 Å². The minimum atomic E-state index is 0.585. The van der Waals surface area contributed by atoms with Gasteiger partial charge in [-0.15, -0.1) is 0 Å². The van der Waals surface area contributed by atoms with Gasteiger partial charge in [-0.3, -0.25) is 0 Å². The van der Waals surface area contributed by atoms with Gasteiger partial charge >= 0.3 is 0 Å². The first kappa shape index (κ1) is 12.0. The van der Waals surface area contributed by atoms with Crippen molar-refractivity contribution in [2.24, 2.45) is 0 Å². The number of hydrogen-bond acceptors (Lipinski definition) is 3. The van der Waals surface area contributed by atoms with Crippen molar-refractivity contribution < 1.29 is 0 Å². The molecule has 0 saturated carbocycles. The van der Waals surface area contributed by atoms with Crippen LogP contribution in [-0.2, 0) is 6.54 Å². The molecule has 0 amide bonds. The molecule has 4 nitrogen and oxygen atoms in total. The predicted octanol–water partition coefficient (Wildman–Crippen LogP) is 1.85. The largest absolute Gasteiger partial charge is 0.370 e. The van der Waals surface area contributed by atoms with E-state index in [1.165, 1.54) is 24.2 Å². The lowest BCUT2D eigenvalue weighted by Gasteiger charge is -2.47. The maximum atomic E-state index is 4.08. The molecule has 5 rings (SSSR count). The highest BCUT2D eigenvalue weighted by Gasteiger charge is 2.37. The second-order valence-corrected chi connectivity index (χ2v) is 5.76. The van der Waals surface area contributed by atoms with Gasteiger partial charge in [-0.1, -0.05) is 18.2 Å². The van der Waals surface area contributed by atoms with Gasteiger partial charge in [0.15, 0.2) is 0 Å². The summed E-state index contributed by atoms with van der Waals surface area (Å²) in [5.74, 6) is 0.680. The number of para-hydroxylation sites is 1. The van der Waals surface area contributed by atoms with E-state index in [0.717, 1.165) is 19.6 Å². The summed E-state index contributed by atoms with van der Waals surface area (Å²) in [7, 11) is 0. The topological polar surface area (TPSA) is 33.1 Å². The van der Waals surface area contributed by atoms with Gasteiger partial charge in [0.2, 0.25) is 0 Å². The summed E-state index contributed by atoms with van der Waals surface area (Å²) in [4.78, 5) is 6.61. The number of hydrogen-bond donors (Lipinski definition) is 1. The quantitative estimate of drug-likeness (QED) is 0.918. The summed E-state index contributed by atoms with van der Waals surface area (Å²) in [6.45, 7) is 4.35. The van der Waals surface area contributed by atoms with Crippen LogP contribution in [-0.4, -0.2) is 35.2 Å². The number of fused-ring (bicyclic) bond motifs is 2. The molecule has 2 unspecified atom stereocenters. The van der Waals surface area contributed by atoms with E-state index in [2.05, 4.69) is 44.0 Å². The molecule has 0 aliphatic carbocycles. The summed E-state index contributed by atoms with van der Waals surface area (Å²) in [5.41, 5.74) is 2.99. The number of imidazole rings is 1. The minimum absolute atomic E-state index is 0.585. The summed E-state index contributed by atoms with van der Waals surface area (Å²) in [6.07, 6.45) is 7.02. The molecule has 20 heavy (non-hydrogen) atoms. The van der Waals surface area contributed by atoms with E-state index in [0.29, 0.717) is 12.0 Å². The molecule has 0 radical (unpaired) electrons. The first-order valence-corrected chi connectivity index (χ1v) is 7.45. The minimum Gasteiger partial charge on any atom is -0.370 e. The maximum absolute atomic E-state index is 4.08. The Morgan fingerprint density at radius 1 is 1.30 bits per heavy atom. The third kappa shape index (κ3) is 2.00. The molecular weight excluding hydrogens is 248 g/mol. The van der Waals surface area contributed by atoms with Gasteiger partial charge in [-0.25, -0.2) is 4.98 Å². The van der Waals surface area contributed by atoms with Gasteiger partial charge in [-0.2, -0.15) is 0 Å². The van der Waals surface area contributed by atoms with E-state index in [4.69, 9.17) is 0 Å². The number of aromatic nitrogens is 2.